The molecule has 1 unspecified atom stereocenters. The molecule has 8 heteroatoms. The molecule has 0 saturated carbocycles. The van der Waals surface area contributed by atoms with Gasteiger partial charge in [-0.05, 0) is 12.1 Å². The minimum absolute atomic E-state index is 0.157. The van der Waals surface area contributed by atoms with Gasteiger partial charge in [0.1, 0.15) is 5.82 Å². The van der Waals surface area contributed by atoms with Crippen molar-refractivity contribution in [3.05, 3.63) is 34.4 Å². The summed E-state index contributed by atoms with van der Waals surface area (Å²) in [6.07, 6.45) is -2.74. The lowest BCUT2D eigenvalue weighted by Gasteiger charge is -2.10. The summed E-state index contributed by atoms with van der Waals surface area (Å²) >= 11 is 1.54. The van der Waals surface area contributed by atoms with Crippen LogP contribution in [-0.4, -0.2) is 21.7 Å². The lowest BCUT2D eigenvalue weighted by Crippen LogP contribution is -2.13. The average Bonchev–Trinajstić information content (AvgIpc) is 2.89. The Morgan fingerprint density at radius 2 is 2.11 bits per heavy atom. The van der Waals surface area contributed by atoms with Crippen LogP contribution in [0.15, 0.2) is 23.7 Å². The molecule has 2 aromatic rings. The van der Waals surface area contributed by atoms with Crippen LogP contribution in [0.5, 0.6) is 0 Å². The van der Waals surface area contributed by atoms with Gasteiger partial charge in [-0.15, -0.1) is 21.5 Å². The number of thiazole rings is 1. The van der Waals surface area contributed by atoms with E-state index in [0.29, 0.717) is 12.4 Å². The molecular formula is C11H11F3N4S. The summed E-state index contributed by atoms with van der Waals surface area (Å²) in [5.74, 6) is 0.473. The van der Waals surface area contributed by atoms with Gasteiger partial charge in [0.2, 0.25) is 0 Å². The molecule has 0 saturated heterocycles. The number of nitrogens with one attached hydrogen (secondary N) is 1. The summed E-state index contributed by atoms with van der Waals surface area (Å²) in [6.45, 7) is 2.51. The zero-order chi connectivity index (χ0) is 13.9. The number of hydrogen-bond donors (Lipinski definition) is 1. The van der Waals surface area contributed by atoms with Crippen LogP contribution in [-0.2, 0) is 6.18 Å². The summed E-state index contributed by atoms with van der Waals surface area (Å²) in [7, 11) is 0. The van der Waals surface area contributed by atoms with E-state index in [1.807, 2.05) is 12.3 Å². The second-order valence-corrected chi connectivity index (χ2v) is 4.88. The maximum Gasteiger partial charge on any atom is 0.435 e. The predicted octanol–water partition coefficient (Wildman–Crippen LogP) is 3.17. The van der Waals surface area contributed by atoms with Crippen LogP contribution in [0.4, 0.5) is 19.0 Å². The molecule has 0 bridgehead atoms. The SMILES string of the molecule is CC(CNc1ccc(C(F)(F)F)nn1)c1nccs1. The Morgan fingerprint density at radius 3 is 2.63 bits per heavy atom. The highest BCUT2D eigenvalue weighted by molar-refractivity contribution is 7.09. The van der Waals surface area contributed by atoms with Crippen molar-refractivity contribution in [2.75, 3.05) is 11.9 Å². The van der Waals surface area contributed by atoms with Crippen molar-refractivity contribution in [1.82, 2.24) is 15.2 Å². The van der Waals surface area contributed by atoms with E-state index in [1.54, 1.807) is 6.20 Å². The molecule has 0 spiro atoms. The number of halogens is 3. The Bertz CT molecular complexity index is 510. The maximum absolute atomic E-state index is 12.3. The minimum atomic E-state index is -4.46. The van der Waals surface area contributed by atoms with Crippen LogP contribution in [0, 0.1) is 0 Å². The lowest BCUT2D eigenvalue weighted by molar-refractivity contribution is -0.141. The van der Waals surface area contributed by atoms with Crippen molar-refractivity contribution >= 4 is 17.2 Å². The van der Waals surface area contributed by atoms with E-state index in [0.717, 1.165) is 11.1 Å². The average molecular weight is 288 g/mol. The van der Waals surface area contributed by atoms with Gasteiger partial charge in [0, 0.05) is 24.0 Å². The smallest absolute Gasteiger partial charge is 0.368 e. The third-order valence-electron chi connectivity index (χ3n) is 2.42. The Balaban J connectivity index is 1.93. The van der Waals surface area contributed by atoms with Gasteiger partial charge in [-0.3, -0.25) is 0 Å². The van der Waals surface area contributed by atoms with Crippen LogP contribution >= 0.6 is 11.3 Å². The highest BCUT2D eigenvalue weighted by Crippen LogP contribution is 2.27. The normalized spacial score (nSPS) is 13.3. The largest absolute Gasteiger partial charge is 0.435 e. The summed E-state index contributed by atoms with van der Waals surface area (Å²) in [5.41, 5.74) is -0.994. The Kier molecular flexibility index (Phi) is 3.98. The van der Waals surface area contributed by atoms with Gasteiger partial charge in [0.25, 0.3) is 0 Å². The Hall–Kier alpha value is -1.70. The second kappa shape index (κ2) is 5.52. The minimum Gasteiger partial charge on any atom is -0.368 e. The first kappa shape index (κ1) is 13.7. The highest BCUT2D eigenvalue weighted by atomic mass is 32.1. The predicted molar refractivity (Wildman–Crippen MR) is 66.1 cm³/mol. The molecule has 0 aliphatic rings. The number of hydrogen-bond acceptors (Lipinski definition) is 5. The summed E-state index contributed by atoms with van der Waals surface area (Å²) in [4.78, 5) is 4.17. The number of anilines is 1. The topological polar surface area (TPSA) is 50.7 Å². The van der Waals surface area contributed by atoms with E-state index < -0.39 is 11.9 Å². The molecule has 1 atom stereocenters. The van der Waals surface area contributed by atoms with E-state index in [2.05, 4.69) is 20.5 Å². The zero-order valence-electron chi connectivity index (χ0n) is 9.98. The van der Waals surface area contributed by atoms with Crippen molar-refractivity contribution in [1.29, 1.82) is 0 Å². The maximum atomic E-state index is 12.3. The molecule has 2 heterocycles. The van der Waals surface area contributed by atoms with Gasteiger partial charge >= 0.3 is 6.18 Å². The fourth-order valence-electron chi connectivity index (χ4n) is 1.40. The molecule has 1 N–H and O–H groups in total. The van der Waals surface area contributed by atoms with Gasteiger partial charge in [0.05, 0.1) is 5.01 Å². The van der Waals surface area contributed by atoms with E-state index in [1.165, 1.54) is 17.4 Å². The number of rotatable bonds is 4. The van der Waals surface area contributed by atoms with Crippen molar-refractivity contribution in [2.24, 2.45) is 0 Å². The molecular weight excluding hydrogens is 277 g/mol. The van der Waals surface area contributed by atoms with Gasteiger partial charge in [-0.25, -0.2) is 4.98 Å². The van der Waals surface area contributed by atoms with Crippen LogP contribution in [0.1, 0.15) is 23.5 Å². The van der Waals surface area contributed by atoms with Crippen LogP contribution in [0.25, 0.3) is 0 Å². The monoisotopic (exact) mass is 288 g/mol. The van der Waals surface area contributed by atoms with Gasteiger partial charge in [-0.2, -0.15) is 13.2 Å². The van der Waals surface area contributed by atoms with Crippen LogP contribution in [0.2, 0.25) is 0 Å². The molecule has 2 rings (SSSR count). The molecule has 0 aromatic carbocycles. The van der Waals surface area contributed by atoms with E-state index in [9.17, 15) is 13.2 Å². The molecule has 19 heavy (non-hydrogen) atoms. The Labute approximate surface area is 111 Å². The fourth-order valence-corrected chi connectivity index (χ4v) is 2.10. The Morgan fingerprint density at radius 1 is 1.32 bits per heavy atom. The third-order valence-corrected chi connectivity index (χ3v) is 3.42. The van der Waals surface area contributed by atoms with Crippen molar-refractivity contribution in [2.45, 2.75) is 19.0 Å². The molecule has 102 valence electrons. The van der Waals surface area contributed by atoms with Crippen LogP contribution < -0.4 is 5.32 Å². The van der Waals surface area contributed by atoms with Crippen molar-refractivity contribution in [3.63, 3.8) is 0 Å². The summed E-state index contributed by atoms with van der Waals surface area (Å²) in [5, 5.41) is 12.4. The van der Waals surface area contributed by atoms with Gasteiger partial charge < -0.3 is 5.32 Å². The van der Waals surface area contributed by atoms with E-state index in [-0.39, 0.29) is 5.92 Å². The van der Waals surface area contributed by atoms with Crippen molar-refractivity contribution < 1.29 is 13.2 Å². The number of aromatic nitrogens is 3. The van der Waals surface area contributed by atoms with E-state index in [4.69, 9.17) is 0 Å². The quantitative estimate of drug-likeness (QED) is 0.939. The van der Waals surface area contributed by atoms with Crippen LogP contribution in [0.3, 0.4) is 0 Å². The molecule has 2 aromatic heterocycles. The molecule has 0 fully saturated rings. The summed E-state index contributed by atoms with van der Waals surface area (Å²) in [6, 6.07) is 2.17. The van der Waals surface area contributed by atoms with Crippen molar-refractivity contribution in [3.8, 4) is 0 Å². The molecule has 0 radical (unpaired) electrons. The third kappa shape index (κ3) is 3.63. The highest BCUT2D eigenvalue weighted by Gasteiger charge is 2.32. The molecule has 0 amide bonds. The molecule has 4 nitrogen and oxygen atoms in total. The molecule has 0 aliphatic carbocycles. The molecule has 0 aliphatic heterocycles. The second-order valence-electron chi connectivity index (χ2n) is 3.95. The van der Waals surface area contributed by atoms with Gasteiger partial charge in [0.15, 0.2) is 5.69 Å². The first-order chi connectivity index (χ1) is 8.97. The number of alkyl halides is 3. The fraction of sp³-hybridized carbons (Fsp3) is 0.364. The first-order valence-corrected chi connectivity index (χ1v) is 6.39. The van der Waals surface area contributed by atoms with Gasteiger partial charge in [-0.1, -0.05) is 6.92 Å². The standard InChI is InChI=1S/C11H11F3N4S/c1-7(10-15-4-5-19-10)6-16-9-3-2-8(17-18-9)11(12,13)14/h2-5,7H,6H2,1H3,(H,16,18). The summed E-state index contributed by atoms with van der Waals surface area (Å²) < 4.78 is 36.9. The lowest BCUT2D eigenvalue weighted by atomic mass is 10.2. The number of nitrogens with zero attached hydrogens (tertiary/aromatic N) is 3. The van der Waals surface area contributed by atoms with E-state index >= 15 is 0 Å². The zero-order valence-corrected chi connectivity index (χ0v) is 10.8. The first-order valence-electron chi connectivity index (χ1n) is 5.51.